The monoisotopic (exact) mass is 607 g/mol. The van der Waals surface area contributed by atoms with E-state index in [1.165, 1.54) is 11.0 Å². The largest absolute Gasteiger partial charge is 0.350 e. The predicted molar refractivity (Wildman–Crippen MR) is 157 cm³/mol. The molecule has 0 fully saturated rings. The van der Waals surface area contributed by atoms with E-state index in [-0.39, 0.29) is 23.7 Å². The summed E-state index contributed by atoms with van der Waals surface area (Å²) in [5.74, 6) is -1.77. The number of anilines is 1. The van der Waals surface area contributed by atoms with Crippen LogP contribution >= 0.6 is 23.2 Å². The first-order valence-electron chi connectivity index (χ1n) is 12.5. The van der Waals surface area contributed by atoms with Gasteiger partial charge in [-0.05, 0) is 62.2 Å². The molecule has 3 aromatic carbocycles. The van der Waals surface area contributed by atoms with Crippen molar-refractivity contribution in [3.05, 3.63) is 99.8 Å². The highest BCUT2D eigenvalue weighted by Crippen LogP contribution is 2.25. The summed E-state index contributed by atoms with van der Waals surface area (Å²) in [6.45, 7) is 4.83. The van der Waals surface area contributed by atoms with Gasteiger partial charge in [0.15, 0.2) is 0 Å². The van der Waals surface area contributed by atoms with Gasteiger partial charge in [0.1, 0.15) is 18.4 Å². The number of hydrogen-bond acceptors (Lipinski definition) is 4. The van der Waals surface area contributed by atoms with Crippen LogP contribution in [0.3, 0.4) is 0 Å². The van der Waals surface area contributed by atoms with Crippen LogP contribution in [-0.2, 0) is 32.6 Å². The van der Waals surface area contributed by atoms with Crippen molar-refractivity contribution in [2.24, 2.45) is 0 Å². The van der Waals surface area contributed by atoms with Gasteiger partial charge in [-0.1, -0.05) is 65.7 Å². The molecule has 0 radical (unpaired) electrons. The Morgan fingerprint density at radius 2 is 1.60 bits per heavy atom. The zero-order valence-corrected chi connectivity index (χ0v) is 25.0. The first kappa shape index (κ1) is 31.4. The number of nitrogens with one attached hydrogen (secondary N) is 1. The van der Waals surface area contributed by atoms with E-state index in [4.69, 9.17) is 23.2 Å². The summed E-state index contributed by atoms with van der Waals surface area (Å²) < 4.78 is 40.3. The SMILES string of the molecule is CC(C)(C)NC(=O)[C@@H](Cc1ccccc1)N(Cc1cccc(Cl)c1)C(=O)CN(c1ccc(F)c(Cl)c1)S(C)(=O)=O. The molecule has 0 unspecified atom stereocenters. The van der Waals surface area contributed by atoms with Crippen LogP contribution in [0, 0.1) is 5.82 Å². The van der Waals surface area contributed by atoms with Crippen molar-refractivity contribution in [1.82, 2.24) is 10.2 Å². The molecule has 3 rings (SSSR count). The summed E-state index contributed by atoms with van der Waals surface area (Å²) in [5, 5.41) is 3.11. The lowest BCUT2D eigenvalue weighted by molar-refractivity contribution is -0.140. The Bertz CT molecular complexity index is 1460. The Balaban J connectivity index is 2.09. The standard InChI is InChI=1S/C29H32Cl2FN3O4S/c1-29(2,3)33-28(37)26(16-20-9-6-5-7-10-20)34(18-21-11-8-12-22(30)15-21)27(36)19-35(40(4,38)39)23-13-14-25(32)24(31)17-23/h5-15,17,26H,16,18-19H2,1-4H3,(H,33,37)/t26-/m1/s1. The third-order valence-corrected chi connectivity index (χ3v) is 7.55. The van der Waals surface area contributed by atoms with Gasteiger partial charge < -0.3 is 10.2 Å². The van der Waals surface area contributed by atoms with Crippen LogP contribution in [0.25, 0.3) is 0 Å². The predicted octanol–water partition coefficient (Wildman–Crippen LogP) is 5.45. The van der Waals surface area contributed by atoms with Crippen LogP contribution in [-0.4, -0.2) is 49.5 Å². The Labute approximate surface area is 244 Å². The van der Waals surface area contributed by atoms with E-state index in [0.29, 0.717) is 10.6 Å². The fourth-order valence-corrected chi connectivity index (χ4v) is 5.32. The highest BCUT2D eigenvalue weighted by atomic mass is 35.5. The lowest BCUT2D eigenvalue weighted by Gasteiger charge is -2.35. The van der Waals surface area contributed by atoms with E-state index in [1.807, 2.05) is 51.1 Å². The van der Waals surface area contributed by atoms with Crippen molar-refractivity contribution >= 4 is 50.7 Å². The molecule has 7 nitrogen and oxygen atoms in total. The number of sulfonamides is 1. The van der Waals surface area contributed by atoms with Gasteiger partial charge in [-0.2, -0.15) is 0 Å². The van der Waals surface area contributed by atoms with Crippen molar-refractivity contribution in [3.63, 3.8) is 0 Å². The molecule has 0 spiro atoms. The van der Waals surface area contributed by atoms with Gasteiger partial charge in [-0.15, -0.1) is 0 Å². The van der Waals surface area contributed by atoms with Crippen molar-refractivity contribution in [1.29, 1.82) is 0 Å². The minimum atomic E-state index is -4.01. The Kier molecular flexibility index (Phi) is 10.2. The van der Waals surface area contributed by atoms with Crippen LogP contribution < -0.4 is 9.62 Å². The van der Waals surface area contributed by atoms with Crippen molar-refractivity contribution in [3.8, 4) is 0 Å². The maximum absolute atomic E-state index is 14.0. The smallest absolute Gasteiger partial charge is 0.244 e. The van der Waals surface area contributed by atoms with Crippen molar-refractivity contribution in [2.75, 3.05) is 17.1 Å². The number of nitrogens with zero attached hydrogens (tertiary/aromatic N) is 2. The minimum Gasteiger partial charge on any atom is -0.350 e. The van der Waals surface area contributed by atoms with Gasteiger partial charge >= 0.3 is 0 Å². The number of hydrogen-bond donors (Lipinski definition) is 1. The second-order valence-corrected chi connectivity index (χ2v) is 13.2. The number of carbonyl (C=O) groups excluding carboxylic acids is 2. The first-order valence-corrected chi connectivity index (χ1v) is 15.1. The average molecular weight is 609 g/mol. The third-order valence-electron chi connectivity index (χ3n) is 5.88. The summed E-state index contributed by atoms with van der Waals surface area (Å²) in [6.07, 6.45) is 1.11. The number of rotatable bonds is 10. The Hall–Kier alpha value is -3.14. The number of carbonyl (C=O) groups is 2. The molecule has 1 N–H and O–H groups in total. The van der Waals surface area contributed by atoms with E-state index < -0.39 is 45.8 Å². The Morgan fingerprint density at radius 1 is 0.950 bits per heavy atom. The summed E-state index contributed by atoms with van der Waals surface area (Å²) >= 11 is 12.1. The zero-order chi connectivity index (χ0) is 29.7. The lowest BCUT2D eigenvalue weighted by Crippen LogP contribution is -2.56. The summed E-state index contributed by atoms with van der Waals surface area (Å²) in [6, 6.07) is 18.5. The fourth-order valence-electron chi connectivity index (χ4n) is 4.09. The maximum Gasteiger partial charge on any atom is 0.244 e. The molecular weight excluding hydrogens is 576 g/mol. The third kappa shape index (κ3) is 8.94. The summed E-state index contributed by atoms with van der Waals surface area (Å²) in [5.41, 5.74) is 0.883. The average Bonchev–Trinajstić information content (AvgIpc) is 2.85. The molecule has 0 saturated heterocycles. The van der Waals surface area contributed by atoms with E-state index in [0.717, 1.165) is 28.3 Å². The van der Waals surface area contributed by atoms with Crippen LogP contribution in [0.2, 0.25) is 10.0 Å². The van der Waals surface area contributed by atoms with E-state index in [1.54, 1.807) is 24.3 Å². The van der Waals surface area contributed by atoms with Crippen molar-refractivity contribution < 1.29 is 22.4 Å². The second kappa shape index (κ2) is 13.0. The normalized spacial score (nSPS) is 12.5. The molecular formula is C29H32Cl2FN3O4S. The topological polar surface area (TPSA) is 86.8 Å². The van der Waals surface area contributed by atoms with Crippen LogP contribution in [0.4, 0.5) is 10.1 Å². The lowest BCUT2D eigenvalue weighted by atomic mass is 10.0. The van der Waals surface area contributed by atoms with Gasteiger partial charge in [-0.25, -0.2) is 12.8 Å². The molecule has 0 bridgehead atoms. The fraction of sp³-hybridized carbons (Fsp3) is 0.310. The number of benzene rings is 3. The minimum absolute atomic E-state index is 0.0173. The first-order chi connectivity index (χ1) is 18.6. The van der Waals surface area contributed by atoms with Gasteiger partial charge in [0, 0.05) is 23.5 Å². The molecule has 0 aromatic heterocycles. The molecule has 0 saturated carbocycles. The molecule has 40 heavy (non-hydrogen) atoms. The van der Waals surface area contributed by atoms with Gasteiger partial charge in [0.25, 0.3) is 0 Å². The molecule has 1 atom stereocenters. The van der Waals surface area contributed by atoms with Crippen LogP contribution in [0.1, 0.15) is 31.9 Å². The van der Waals surface area contributed by atoms with E-state index >= 15 is 0 Å². The van der Waals surface area contributed by atoms with Crippen LogP contribution in [0.5, 0.6) is 0 Å². The van der Waals surface area contributed by atoms with Gasteiger partial charge in [-0.3, -0.25) is 13.9 Å². The van der Waals surface area contributed by atoms with Crippen molar-refractivity contribution in [2.45, 2.75) is 45.3 Å². The summed E-state index contributed by atoms with van der Waals surface area (Å²) in [4.78, 5) is 29.0. The quantitative estimate of drug-likeness (QED) is 0.332. The molecule has 0 aliphatic rings. The molecule has 0 heterocycles. The highest BCUT2D eigenvalue weighted by molar-refractivity contribution is 7.92. The highest BCUT2D eigenvalue weighted by Gasteiger charge is 2.34. The van der Waals surface area contributed by atoms with E-state index in [9.17, 15) is 22.4 Å². The Morgan fingerprint density at radius 3 is 2.17 bits per heavy atom. The molecule has 0 aliphatic carbocycles. The maximum atomic E-state index is 14.0. The molecule has 0 aliphatic heterocycles. The second-order valence-electron chi connectivity index (χ2n) is 10.5. The van der Waals surface area contributed by atoms with Crippen LogP contribution in [0.15, 0.2) is 72.8 Å². The molecule has 2 amide bonds. The van der Waals surface area contributed by atoms with Gasteiger partial charge in [0.05, 0.1) is 17.0 Å². The van der Waals surface area contributed by atoms with E-state index in [2.05, 4.69) is 5.32 Å². The molecule has 11 heteroatoms. The molecule has 3 aromatic rings. The van der Waals surface area contributed by atoms with Gasteiger partial charge in [0.2, 0.25) is 21.8 Å². The zero-order valence-electron chi connectivity index (χ0n) is 22.7. The molecule has 214 valence electrons. The number of amides is 2. The summed E-state index contributed by atoms with van der Waals surface area (Å²) in [7, 11) is -4.01. The number of halogens is 3.